The minimum Gasteiger partial charge on any atom is -0.493 e. The number of ether oxygens (including phenoxy) is 2. The van der Waals surface area contributed by atoms with Gasteiger partial charge in [-0.2, -0.15) is 10.1 Å². The van der Waals surface area contributed by atoms with Gasteiger partial charge in [0.15, 0.2) is 11.5 Å². The summed E-state index contributed by atoms with van der Waals surface area (Å²) in [6.45, 7) is 0. The van der Waals surface area contributed by atoms with Gasteiger partial charge in [-0.3, -0.25) is 9.59 Å². The number of nitrogens with zero attached hydrogens (tertiary/aromatic N) is 2. The third kappa shape index (κ3) is 2.35. The third-order valence-corrected chi connectivity index (χ3v) is 5.48. The van der Waals surface area contributed by atoms with Crippen molar-refractivity contribution in [2.24, 2.45) is 28.8 Å². The van der Waals surface area contributed by atoms with Crippen LogP contribution >= 0.6 is 0 Å². The first kappa shape index (κ1) is 15.9. The SMILES string of the molecule is COc1cccc(/C=N\N2C(=O)[C@@H]3[C@H](C2=O)[C@H]2C=C[C@H]3CC2)c1OC. The average Bonchev–Trinajstić information content (AvgIpc) is 2.93. The van der Waals surface area contributed by atoms with Crippen molar-refractivity contribution in [1.29, 1.82) is 0 Å². The summed E-state index contributed by atoms with van der Waals surface area (Å²) in [5.74, 6) is 0.546. The Hall–Kier alpha value is -2.63. The number of imide groups is 1. The summed E-state index contributed by atoms with van der Waals surface area (Å²) in [7, 11) is 3.10. The average molecular weight is 340 g/mol. The predicted octanol–water partition coefficient (Wildman–Crippen LogP) is 2.23. The van der Waals surface area contributed by atoms with E-state index in [1.54, 1.807) is 32.4 Å². The van der Waals surface area contributed by atoms with Gasteiger partial charge in [0.25, 0.3) is 11.8 Å². The van der Waals surface area contributed by atoms with Crippen LogP contribution in [0, 0.1) is 23.7 Å². The van der Waals surface area contributed by atoms with Crippen molar-refractivity contribution < 1.29 is 19.1 Å². The Kier molecular flexibility index (Phi) is 3.82. The Labute approximate surface area is 146 Å². The number of amides is 2. The first-order valence-electron chi connectivity index (χ1n) is 8.46. The second kappa shape index (κ2) is 6.02. The number of rotatable bonds is 4. The summed E-state index contributed by atoms with van der Waals surface area (Å²) in [5.41, 5.74) is 0.651. The van der Waals surface area contributed by atoms with Crippen molar-refractivity contribution in [2.75, 3.05) is 14.2 Å². The topological polar surface area (TPSA) is 68.2 Å². The first-order chi connectivity index (χ1) is 12.2. The predicted molar refractivity (Wildman–Crippen MR) is 91.3 cm³/mol. The molecule has 0 radical (unpaired) electrons. The summed E-state index contributed by atoms with van der Waals surface area (Å²) < 4.78 is 10.6. The number of fused-ring (bicyclic) bond motifs is 1. The van der Waals surface area contributed by atoms with Crippen LogP contribution < -0.4 is 9.47 Å². The highest BCUT2D eigenvalue weighted by Crippen LogP contribution is 2.49. The number of methoxy groups -OCH3 is 2. The van der Waals surface area contributed by atoms with E-state index in [9.17, 15) is 9.59 Å². The maximum absolute atomic E-state index is 12.7. The minimum absolute atomic E-state index is 0.165. The van der Waals surface area contributed by atoms with Crippen LogP contribution in [0.25, 0.3) is 0 Å². The Morgan fingerprint density at radius 2 is 1.68 bits per heavy atom. The molecule has 6 heteroatoms. The lowest BCUT2D eigenvalue weighted by Gasteiger charge is -2.37. The van der Waals surface area contributed by atoms with Crippen molar-refractivity contribution >= 4 is 18.0 Å². The highest BCUT2D eigenvalue weighted by Gasteiger charge is 2.56. The normalized spacial score (nSPS) is 30.2. The van der Waals surface area contributed by atoms with Crippen LogP contribution in [0.3, 0.4) is 0 Å². The number of carbonyl (C=O) groups excluding carboxylic acids is 2. The molecule has 0 N–H and O–H groups in total. The van der Waals surface area contributed by atoms with Gasteiger partial charge in [-0.1, -0.05) is 18.2 Å². The Balaban J connectivity index is 1.63. The molecule has 1 saturated carbocycles. The maximum Gasteiger partial charge on any atom is 0.254 e. The largest absolute Gasteiger partial charge is 0.493 e. The molecule has 6 nitrogen and oxygen atoms in total. The fraction of sp³-hybridized carbons (Fsp3) is 0.421. The number of carbonyl (C=O) groups is 2. The van der Waals surface area contributed by atoms with Gasteiger partial charge in [0.1, 0.15) is 0 Å². The maximum atomic E-state index is 12.7. The van der Waals surface area contributed by atoms with Gasteiger partial charge in [-0.25, -0.2) is 0 Å². The molecule has 1 heterocycles. The molecule has 3 aliphatic carbocycles. The van der Waals surface area contributed by atoms with E-state index >= 15 is 0 Å². The number of hydrazone groups is 1. The first-order valence-corrected chi connectivity index (χ1v) is 8.46. The molecule has 1 aromatic carbocycles. The lowest BCUT2D eigenvalue weighted by molar-refractivity contribution is -0.140. The summed E-state index contributed by atoms with van der Waals surface area (Å²) >= 11 is 0. The van der Waals surface area contributed by atoms with Crippen LogP contribution in [-0.4, -0.2) is 37.3 Å². The Morgan fingerprint density at radius 1 is 1.04 bits per heavy atom. The van der Waals surface area contributed by atoms with Gasteiger partial charge in [0.2, 0.25) is 0 Å². The lowest BCUT2D eigenvalue weighted by atomic mass is 9.63. The van der Waals surface area contributed by atoms with Crippen LogP contribution in [0.1, 0.15) is 18.4 Å². The van der Waals surface area contributed by atoms with E-state index in [1.165, 1.54) is 6.21 Å². The number of benzene rings is 1. The van der Waals surface area contributed by atoms with Gasteiger partial charge >= 0.3 is 0 Å². The quantitative estimate of drug-likeness (QED) is 0.479. The molecular weight excluding hydrogens is 320 g/mol. The zero-order valence-corrected chi connectivity index (χ0v) is 14.2. The van der Waals surface area contributed by atoms with Gasteiger partial charge in [-0.05, 0) is 36.8 Å². The van der Waals surface area contributed by atoms with Crippen molar-refractivity contribution in [1.82, 2.24) is 5.01 Å². The van der Waals surface area contributed by atoms with Crippen molar-refractivity contribution in [3.63, 3.8) is 0 Å². The molecule has 0 unspecified atom stereocenters. The van der Waals surface area contributed by atoms with Crippen LogP contribution in [0.4, 0.5) is 0 Å². The molecule has 130 valence electrons. The van der Waals surface area contributed by atoms with E-state index < -0.39 is 0 Å². The summed E-state index contributed by atoms with van der Waals surface area (Å²) in [6.07, 6.45) is 7.63. The zero-order valence-electron chi connectivity index (χ0n) is 14.2. The monoisotopic (exact) mass is 340 g/mol. The second-order valence-corrected chi connectivity index (χ2v) is 6.66. The number of hydrogen-bond acceptors (Lipinski definition) is 5. The van der Waals surface area contributed by atoms with Crippen LogP contribution in [0.15, 0.2) is 35.5 Å². The molecule has 1 aromatic rings. The number of allylic oxidation sites excluding steroid dienone is 2. The third-order valence-electron chi connectivity index (χ3n) is 5.48. The van der Waals surface area contributed by atoms with E-state index in [0.29, 0.717) is 17.1 Å². The molecule has 0 spiro atoms. The fourth-order valence-corrected chi connectivity index (χ4v) is 4.31. The molecule has 2 fully saturated rings. The Bertz CT molecular complexity index is 754. The molecule has 25 heavy (non-hydrogen) atoms. The highest BCUT2D eigenvalue weighted by atomic mass is 16.5. The van der Waals surface area contributed by atoms with Crippen LogP contribution in [0.2, 0.25) is 0 Å². The highest BCUT2D eigenvalue weighted by molar-refractivity contribution is 6.06. The van der Waals surface area contributed by atoms with Gasteiger partial charge in [0, 0.05) is 5.56 Å². The number of hydrogen-bond donors (Lipinski definition) is 0. The summed E-state index contributed by atoms with van der Waals surface area (Å²) in [6, 6.07) is 5.38. The Morgan fingerprint density at radius 3 is 2.20 bits per heavy atom. The van der Waals surface area contributed by atoms with Gasteiger partial charge in [0.05, 0.1) is 32.3 Å². The van der Waals surface area contributed by atoms with Crippen LogP contribution in [0.5, 0.6) is 11.5 Å². The smallest absolute Gasteiger partial charge is 0.254 e. The van der Waals surface area contributed by atoms with Crippen molar-refractivity contribution in [3.05, 3.63) is 35.9 Å². The van der Waals surface area contributed by atoms with Crippen LogP contribution in [-0.2, 0) is 9.59 Å². The molecular formula is C19H20N2O4. The molecule has 1 aliphatic heterocycles. The second-order valence-electron chi connectivity index (χ2n) is 6.66. The standard InChI is InChI=1S/C19H20N2O4/c1-24-14-5-3-4-13(17(14)25-2)10-20-21-18(22)15-11-6-7-12(9-8-11)16(15)19(21)23/h3-7,10-12,15-16H,8-9H2,1-2H3/b20-10-/t11-,12-,15-,16+/m0/s1. The number of para-hydroxylation sites is 1. The fourth-order valence-electron chi connectivity index (χ4n) is 4.31. The van der Waals surface area contributed by atoms with E-state index in [2.05, 4.69) is 17.3 Å². The summed E-state index contributed by atoms with van der Waals surface area (Å²) in [4.78, 5) is 25.5. The minimum atomic E-state index is -0.249. The van der Waals surface area contributed by atoms with Crippen molar-refractivity contribution in [3.8, 4) is 11.5 Å². The van der Waals surface area contributed by atoms with Gasteiger partial charge < -0.3 is 9.47 Å². The molecule has 4 aliphatic rings. The van der Waals surface area contributed by atoms with Gasteiger partial charge in [-0.15, -0.1) is 0 Å². The molecule has 0 aromatic heterocycles. The molecule has 2 amide bonds. The van der Waals surface area contributed by atoms with E-state index in [1.807, 2.05) is 0 Å². The lowest BCUT2D eigenvalue weighted by Crippen LogP contribution is -2.38. The molecule has 1 saturated heterocycles. The van der Waals surface area contributed by atoms with E-state index in [-0.39, 0.29) is 35.5 Å². The van der Waals surface area contributed by atoms with E-state index in [4.69, 9.17) is 9.47 Å². The molecule has 5 rings (SSSR count). The molecule has 2 bridgehead atoms. The summed E-state index contributed by atoms with van der Waals surface area (Å²) in [5, 5.41) is 5.25. The molecule has 4 atom stereocenters. The van der Waals surface area contributed by atoms with Crippen molar-refractivity contribution in [2.45, 2.75) is 12.8 Å². The van der Waals surface area contributed by atoms with E-state index in [0.717, 1.165) is 17.9 Å². The zero-order chi connectivity index (χ0) is 17.6.